The van der Waals surface area contributed by atoms with Crippen LogP contribution in [0.25, 0.3) is 10.8 Å². The van der Waals surface area contributed by atoms with Gasteiger partial charge in [0.2, 0.25) is 0 Å². The van der Waals surface area contributed by atoms with Crippen LogP contribution in [0, 0.1) is 0 Å². The molecule has 0 aromatic heterocycles. The van der Waals surface area contributed by atoms with Crippen molar-refractivity contribution >= 4 is 10.8 Å². The van der Waals surface area contributed by atoms with E-state index in [9.17, 15) is 0 Å². The molecule has 0 radical (unpaired) electrons. The fourth-order valence-corrected chi connectivity index (χ4v) is 2.83. The van der Waals surface area contributed by atoms with E-state index in [1.165, 1.54) is 21.9 Å². The molecule has 0 aliphatic carbocycles. The van der Waals surface area contributed by atoms with Crippen molar-refractivity contribution in [3.05, 3.63) is 83.9 Å². The Morgan fingerprint density at radius 3 is 2.29 bits per heavy atom. The van der Waals surface area contributed by atoms with E-state index < -0.39 is 0 Å². The van der Waals surface area contributed by atoms with Crippen LogP contribution in [0.1, 0.15) is 24.1 Å². The second kappa shape index (κ2) is 6.55. The van der Waals surface area contributed by atoms with Crippen molar-refractivity contribution in [1.29, 1.82) is 0 Å². The fraction of sp³-hybridized carbons (Fsp3) is 0.200. The Morgan fingerprint density at radius 1 is 0.810 bits per heavy atom. The third-order valence-corrected chi connectivity index (χ3v) is 3.91. The Balaban J connectivity index is 1.91. The molecule has 0 aliphatic heterocycles. The standard InChI is InChI=1S/C20H21N/c1-2-21-20(14-16-8-4-3-5-9-16)19-13-12-17-10-6-7-11-18(17)15-19/h3-13,15,20-21H,2,14H2,1H3. The smallest absolute Gasteiger partial charge is 0.0360 e. The second-order valence-electron chi connectivity index (χ2n) is 5.41. The lowest BCUT2D eigenvalue weighted by Crippen LogP contribution is -2.22. The lowest BCUT2D eigenvalue weighted by Gasteiger charge is -2.19. The molecule has 3 rings (SSSR count). The zero-order valence-corrected chi connectivity index (χ0v) is 12.4. The Bertz CT molecular complexity index is 703. The van der Waals surface area contributed by atoms with Crippen LogP contribution in [0.4, 0.5) is 0 Å². The van der Waals surface area contributed by atoms with Gasteiger partial charge in [0.15, 0.2) is 0 Å². The molecule has 106 valence electrons. The summed E-state index contributed by atoms with van der Waals surface area (Å²) in [5.74, 6) is 0. The third kappa shape index (κ3) is 3.32. The number of hydrogen-bond donors (Lipinski definition) is 1. The fourth-order valence-electron chi connectivity index (χ4n) is 2.83. The van der Waals surface area contributed by atoms with Crippen LogP contribution < -0.4 is 5.32 Å². The van der Waals surface area contributed by atoms with Gasteiger partial charge in [-0.2, -0.15) is 0 Å². The van der Waals surface area contributed by atoms with Gasteiger partial charge < -0.3 is 5.32 Å². The SMILES string of the molecule is CCNC(Cc1ccccc1)c1ccc2ccccc2c1. The summed E-state index contributed by atoms with van der Waals surface area (Å²) in [5, 5.41) is 6.23. The molecule has 0 fully saturated rings. The van der Waals surface area contributed by atoms with Crippen molar-refractivity contribution in [3.8, 4) is 0 Å². The Hall–Kier alpha value is -2.12. The summed E-state index contributed by atoms with van der Waals surface area (Å²) in [6, 6.07) is 26.4. The van der Waals surface area contributed by atoms with Gasteiger partial charge in [-0.25, -0.2) is 0 Å². The van der Waals surface area contributed by atoms with Gasteiger partial charge in [0, 0.05) is 6.04 Å². The van der Waals surface area contributed by atoms with Crippen LogP contribution in [-0.2, 0) is 6.42 Å². The van der Waals surface area contributed by atoms with Crippen LogP contribution in [0.2, 0.25) is 0 Å². The van der Waals surface area contributed by atoms with Crippen LogP contribution >= 0.6 is 0 Å². The lowest BCUT2D eigenvalue weighted by atomic mass is 9.96. The minimum atomic E-state index is 0.363. The number of likely N-dealkylation sites (N-methyl/N-ethyl adjacent to an activating group) is 1. The van der Waals surface area contributed by atoms with Crippen LogP contribution in [0.3, 0.4) is 0 Å². The predicted molar refractivity (Wildman–Crippen MR) is 90.5 cm³/mol. The number of rotatable bonds is 5. The summed E-state index contributed by atoms with van der Waals surface area (Å²) in [6.07, 6.45) is 1.02. The first-order valence-electron chi connectivity index (χ1n) is 7.63. The van der Waals surface area contributed by atoms with E-state index in [1.807, 2.05) is 0 Å². The molecule has 0 bridgehead atoms. The van der Waals surface area contributed by atoms with Crippen molar-refractivity contribution < 1.29 is 0 Å². The summed E-state index contributed by atoms with van der Waals surface area (Å²) >= 11 is 0. The zero-order chi connectivity index (χ0) is 14.5. The summed E-state index contributed by atoms with van der Waals surface area (Å²) < 4.78 is 0. The van der Waals surface area contributed by atoms with Crippen molar-refractivity contribution in [2.24, 2.45) is 0 Å². The zero-order valence-electron chi connectivity index (χ0n) is 12.4. The number of nitrogens with one attached hydrogen (secondary N) is 1. The summed E-state index contributed by atoms with van der Waals surface area (Å²) in [4.78, 5) is 0. The molecule has 0 spiro atoms. The van der Waals surface area contributed by atoms with Crippen molar-refractivity contribution in [3.63, 3.8) is 0 Å². The summed E-state index contributed by atoms with van der Waals surface area (Å²) in [5.41, 5.74) is 2.73. The highest BCUT2D eigenvalue weighted by molar-refractivity contribution is 5.83. The van der Waals surface area contributed by atoms with E-state index in [1.54, 1.807) is 0 Å². The molecular weight excluding hydrogens is 254 g/mol. The third-order valence-electron chi connectivity index (χ3n) is 3.91. The van der Waals surface area contributed by atoms with Crippen molar-refractivity contribution in [1.82, 2.24) is 5.32 Å². The van der Waals surface area contributed by atoms with Crippen molar-refractivity contribution in [2.75, 3.05) is 6.54 Å². The van der Waals surface area contributed by atoms with Crippen LogP contribution in [0.5, 0.6) is 0 Å². The maximum Gasteiger partial charge on any atom is 0.0360 e. The van der Waals surface area contributed by atoms with E-state index >= 15 is 0 Å². The molecule has 3 aromatic carbocycles. The minimum Gasteiger partial charge on any atom is -0.310 e. The predicted octanol–water partition coefficient (Wildman–Crippen LogP) is 4.73. The number of fused-ring (bicyclic) bond motifs is 1. The normalized spacial score (nSPS) is 12.4. The monoisotopic (exact) mass is 275 g/mol. The molecule has 0 aliphatic rings. The van der Waals surface area contributed by atoms with E-state index in [2.05, 4.69) is 85.0 Å². The van der Waals surface area contributed by atoms with Gasteiger partial charge in [0.1, 0.15) is 0 Å². The molecule has 1 nitrogen and oxygen atoms in total. The summed E-state index contributed by atoms with van der Waals surface area (Å²) in [6.45, 7) is 3.14. The van der Waals surface area contributed by atoms with Gasteiger partial charge in [0.25, 0.3) is 0 Å². The molecule has 3 aromatic rings. The lowest BCUT2D eigenvalue weighted by molar-refractivity contribution is 0.550. The largest absolute Gasteiger partial charge is 0.310 e. The number of benzene rings is 3. The maximum absolute atomic E-state index is 3.61. The highest BCUT2D eigenvalue weighted by atomic mass is 14.9. The molecule has 0 saturated heterocycles. The molecule has 21 heavy (non-hydrogen) atoms. The average Bonchev–Trinajstić information content (AvgIpc) is 2.55. The topological polar surface area (TPSA) is 12.0 Å². The van der Waals surface area contributed by atoms with Gasteiger partial charge in [-0.1, -0.05) is 73.7 Å². The van der Waals surface area contributed by atoms with Gasteiger partial charge in [0.05, 0.1) is 0 Å². The minimum absolute atomic E-state index is 0.363. The molecule has 0 saturated carbocycles. The second-order valence-corrected chi connectivity index (χ2v) is 5.41. The molecular formula is C20H21N. The first-order chi connectivity index (χ1) is 10.4. The van der Waals surface area contributed by atoms with E-state index in [-0.39, 0.29) is 0 Å². The van der Waals surface area contributed by atoms with Crippen LogP contribution in [0.15, 0.2) is 72.8 Å². The molecule has 1 unspecified atom stereocenters. The maximum atomic E-state index is 3.61. The van der Waals surface area contributed by atoms with Gasteiger partial charge in [-0.15, -0.1) is 0 Å². The molecule has 0 amide bonds. The molecule has 1 atom stereocenters. The molecule has 0 heterocycles. The van der Waals surface area contributed by atoms with Gasteiger partial charge >= 0.3 is 0 Å². The van der Waals surface area contributed by atoms with E-state index in [0.29, 0.717) is 6.04 Å². The Morgan fingerprint density at radius 2 is 1.52 bits per heavy atom. The van der Waals surface area contributed by atoms with Gasteiger partial charge in [-0.3, -0.25) is 0 Å². The van der Waals surface area contributed by atoms with Crippen molar-refractivity contribution in [2.45, 2.75) is 19.4 Å². The highest BCUT2D eigenvalue weighted by Gasteiger charge is 2.11. The molecule has 1 N–H and O–H groups in total. The van der Waals surface area contributed by atoms with Crippen LogP contribution in [-0.4, -0.2) is 6.54 Å². The van der Waals surface area contributed by atoms with E-state index in [0.717, 1.165) is 13.0 Å². The first-order valence-corrected chi connectivity index (χ1v) is 7.63. The van der Waals surface area contributed by atoms with E-state index in [4.69, 9.17) is 0 Å². The summed E-state index contributed by atoms with van der Waals surface area (Å²) in [7, 11) is 0. The highest BCUT2D eigenvalue weighted by Crippen LogP contribution is 2.23. The Kier molecular flexibility index (Phi) is 4.32. The first kappa shape index (κ1) is 13.8. The quantitative estimate of drug-likeness (QED) is 0.709. The molecule has 1 heteroatoms. The van der Waals surface area contributed by atoms with Gasteiger partial charge in [-0.05, 0) is 40.9 Å². The number of hydrogen-bond acceptors (Lipinski definition) is 1. The average molecular weight is 275 g/mol. The Labute approximate surface area is 126 Å².